The van der Waals surface area contributed by atoms with Crippen molar-refractivity contribution in [2.75, 3.05) is 6.61 Å². The Kier molecular flexibility index (Phi) is 5.28. The summed E-state index contributed by atoms with van der Waals surface area (Å²) < 4.78 is 5.92. The number of rotatable bonds is 7. The predicted octanol–water partition coefficient (Wildman–Crippen LogP) is 5.14. The number of aromatic hydroxyl groups is 1. The van der Waals surface area contributed by atoms with Crippen LogP contribution in [0.2, 0.25) is 0 Å². The summed E-state index contributed by atoms with van der Waals surface area (Å²) in [5, 5.41) is 11.7. The molecule has 0 aliphatic heterocycles. The molecule has 0 amide bonds. The Morgan fingerprint density at radius 1 is 1.15 bits per heavy atom. The summed E-state index contributed by atoms with van der Waals surface area (Å²) in [5.41, 5.74) is 0. The molecule has 0 aliphatic rings. The normalized spacial score (nSPS) is 12.5. The van der Waals surface area contributed by atoms with E-state index in [0.717, 1.165) is 29.5 Å². The molecule has 0 aliphatic carbocycles. The highest BCUT2D eigenvalue weighted by Crippen LogP contribution is 2.28. The van der Waals surface area contributed by atoms with Crippen LogP contribution in [0.5, 0.6) is 11.5 Å². The second-order valence-corrected chi connectivity index (χ2v) is 5.39. The van der Waals surface area contributed by atoms with Gasteiger partial charge in [0.15, 0.2) is 0 Å². The lowest BCUT2D eigenvalue weighted by atomic mass is 10.0. The number of hydrogen-bond acceptors (Lipinski definition) is 2. The van der Waals surface area contributed by atoms with Crippen molar-refractivity contribution in [1.29, 1.82) is 0 Å². The molecule has 1 N–H and O–H groups in total. The van der Waals surface area contributed by atoms with Gasteiger partial charge in [-0.25, -0.2) is 0 Å². The van der Waals surface area contributed by atoms with E-state index >= 15 is 0 Å². The summed E-state index contributed by atoms with van der Waals surface area (Å²) in [6.45, 7) is 5.23. The molecule has 0 saturated heterocycles. The summed E-state index contributed by atoms with van der Waals surface area (Å²) in [6.07, 6.45) is 4.91. The molecule has 2 nitrogen and oxygen atoms in total. The SMILES string of the molecule is CCCCC(CC)COc1ccc2c(O)cccc2c1. The minimum atomic E-state index is 0.323. The van der Waals surface area contributed by atoms with E-state index in [1.807, 2.05) is 30.3 Å². The van der Waals surface area contributed by atoms with Gasteiger partial charge in [-0.1, -0.05) is 45.2 Å². The maximum absolute atomic E-state index is 9.77. The highest BCUT2D eigenvalue weighted by Gasteiger charge is 2.07. The van der Waals surface area contributed by atoms with Gasteiger partial charge in [0.2, 0.25) is 0 Å². The van der Waals surface area contributed by atoms with Crippen LogP contribution >= 0.6 is 0 Å². The zero-order valence-corrected chi connectivity index (χ0v) is 12.4. The standard InChI is InChI=1S/C18H24O2/c1-3-5-7-14(4-2)13-20-16-10-11-17-15(12-16)8-6-9-18(17)19/h6,8-12,14,19H,3-5,7,13H2,1-2H3. The van der Waals surface area contributed by atoms with Crippen LogP contribution in [0.4, 0.5) is 0 Å². The van der Waals surface area contributed by atoms with Crippen LogP contribution in [0.15, 0.2) is 36.4 Å². The molecule has 2 heteroatoms. The average molecular weight is 272 g/mol. The number of ether oxygens (including phenoxy) is 1. The molecule has 0 fully saturated rings. The van der Waals surface area contributed by atoms with Crippen LogP contribution in [0.3, 0.4) is 0 Å². The van der Waals surface area contributed by atoms with Crippen molar-refractivity contribution in [2.24, 2.45) is 5.92 Å². The average Bonchev–Trinajstić information content (AvgIpc) is 2.47. The fraction of sp³-hybridized carbons (Fsp3) is 0.444. The number of fused-ring (bicyclic) bond motifs is 1. The molecular formula is C18H24O2. The Morgan fingerprint density at radius 2 is 2.00 bits per heavy atom. The van der Waals surface area contributed by atoms with Crippen LogP contribution in [0.1, 0.15) is 39.5 Å². The van der Waals surface area contributed by atoms with Crippen molar-refractivity contribution in [1.82, 2.24) is 0 Å². The van der Waals surface area contributed by atoms with E-state index < -0.39 is 0 Å². The molecule has 0 spiro atoms. The Hall–Kier alpha value is -1.70. The van der Waals surface area contributed by atoms with E-state index in [2.05, 4.69) is 13.8 Å². The third-order valence-electron chi connectivity index (χ3n) is 3.86. The maximum Gasteiger partial charge on any atom is 0.123 e. The first-order valence-corrected chi connectivity index (χ1v) is 7.59. The zero-order valence-electron chi connectivity index (χ0n) is 12.4. The summed E-state index contributed by atoms with van der Waals surface area (Å²) >= 11 is 0. The third-order valence-corrected chi connectivity index (χ3v) is 3.86. The van der Waals surface area contributed by atoms with Gasteiger partial charge in [-0.2, -0.15) is 0 Å². The van der Waals surface area contributed by atoms with Crippen LogP contribution in [0, 0.1) is 5.92 Å². The fourth-order valence-corrected chi connectivity index (χ4v) is 2.45. The number of benzene rings is 2. The first-order chi connectivity index (χ1) is 9.74. The Labute approximate surface area is 121 Å². The van der Waals surface area contributed by atoms with E-state index in [1.165, 1.54) is 19.3 Å². The topological polar surface area (TPSA) is 29.5 Å². The molecule has 0 saturated carbocycles. The molecule has 20 heavy (non-hydrogen) atoms. The van der Waals surface area contributed by atoms with E-state index in [0.29, 0.717) is 11.7 Å². The van der Waals surface area contributed by atoms with Gasteiger partial charge in [0.05, 0.1) is 6.61 Å². The molecular weight excluding hydrogens is 248 g/mol. The smallest absolute Gasteiger partial charge is 0.123 e. The van der Waals surface area contributed by atoms with Gasteiger partial charge in [0.25, 0.3) is 0 Å². The third kappa shape index (κ3) is 3.66. The molecule has 0 radical (unpaired) electrons. The van der Waals surface area contributed by atoms with Crippen molar-refractivity contribution < 1.29 is 9.84 Å². The monoisotopic (exact) mass is 272 g/mol. The molecule has 0 bridgehead atoms. The second kappa shape index (κ2) is 7.18. The molecule has 2 aromatic rings. The molecule has 0 aromatic heterocycles. The van der Waals surface area contributed by atoms with Crippen molar-refractivity contribution in [3.63, 3.8) is 0 Å². The largest absolute Gasteiger partial charge is 0.507 e. The lowest BCUT2D eigenvalue weighted by molar-refractivity contribution is 0.233. The van der Waals surface area contributed by atoms with E-state index in [1.54, 1.807) is 6.07 Å². The maximum atomic E-state index is 9.77. The van der Waals surface area contributed by atoms with Gasteiger partial charge < -0.3 is 9.84 Å². The predicted molar refractivity (Wildman–Crippen MR) is 84.4 cm³/mol. The Balaban J connectivity index is 2.02. The van der Waals surface area contributed by atoms with Crippen molar-refractivity contribution in [3.05, 3.63) is 36.4 Å². The molecule has 2 aromatic carbocycles. The van der Waals surface area contributed by atoms with Gasteiger partial charge in [-0.3, -0.25) is 0 Å². The van der Waals surface area contributed by atoms with E-state index in [4.69, 9.17) is 4.74 Å². The van der Waals surface area contributed by atoms with Crippen molar-refractivity contribution >= 4 is 10.8 Å². The zero-order chi connectivity index (χ0) is 14.4. The second-order valence-electron chi connectivity index (χ2n) is 5.39. The number of phenolic OH excluding ortho intramolecular Hbond substituents is 1. The van der Waals surface area contributed by atoms with Crippen LogP contribution in [0.25, 0.3) is 10.8 Å². The molecule has 1 atom stereocenters. The van der Waals surface area contributed by atoms with Crippen LogP contribution < -0.4 is 4.74 Å². The van der Waals surface area contributed by atoms with Gasteiger partial charge in [0, 0.05) is 5.39 Å². The first kappa shape index (κ1) is 14.7. The summed E-state index contributed by atoms with van der Waals surface area (Å²) in [7, 11) is 0. The fourth-order valence-electron chi connectivity index (χ4n) is 2.45. The van der Waals surface area contributed by atoms with Crippen molar-refractivity contribution in [2.45, 2.75) is 39.5 Å². The summed E-state index contributed by atoms with van der Waals surface area (Å²) in [6, 6.07) is 11.4. The Bertz CT molecular complexity index is 548. The van der Waals surface area contributed by atoms with Crippen molar-refractivity contribution in [3.8, 4) is 11.5 Å². The summed E-state index contributed by atoms with van der Waals surface area (Å²) in [5.74, 6) is 1.84. The Morgan fingerprint density at radius 3 is 2.75 bits per heavy atom. The first-order valence-electron chi connectivity index (χ1n) is 7.59. The highest BCUT2D eigenvalue weighted by molar-refractivity contribution is 5.89. The highest BCUT2D eigenvalue weighted by atomic mass is 16.5. The minimum absolute atomic E-state index is 0.323. The minimum Gasteiger partial charge on any atom is -0.507 e. The van der Waals surface area contributed by atoms with Gasteiger partial charge in [0.1, 0.15) is 11.5 Å². The number of hydrogen-bond donors (Lipinski definition) is 1. The van der Waals surface area contributed by atoms with Crippen LogP contribution in [-0.2, 0) is 0 Å². The lowest BCUT2D eigenvalue weighted by Crippen LogP contribution is -2.11. The number of phenols is 1. The molecule has 2 rings (SSSR count). The number of unbranched alkanes of at least 4 members (excludes halogenated alkanes) is 1. The molecule has 108 valence electrons. The van der Waals surface area contributed by atoms with Gasteiger partial charge in [-0.05, 0) is 42.0 Å². The quantitative estimate of drug-likeness (QED) is 0.756. The van der Waals surface area contributed by atoms with Gasteiger partial charge >= 0.3 is 0 Å². The van der Waals surface area contributed by atoms with Gasteiger partial charge in [-0.15, -0.1) is 0 Å². The molecule has 0 heterocycles. The van der Waals surface area contributed by atoms with Crippen LogP contribution in [-0.4, -0.2) is 11.7 Å². The lowest BCUT2D eigenvalue weighted by Gasteiger charge is -2.16. The summed E-state index contributed by atoms with van der Waals surface area (Å²) in [4.78, 5) is 0. The van der Waals surface area contributed by atoms with E-state index in [-0.39, 0.29) is 0 Å². The van der Waals surface area contributed by atoms with E-state index in [9.17, 15) is 5.11 Å². The molecule has 1 unspecified atom stereocenters.